The van der Waals surface area contributed by atoms with Crippen molar-refractivity contribution in [2.45, 2.75) is 33.2 Å². The van der Waals surface area contributed by atoms with Crippen LogP contribution in [0.1, 0.15) is 38.8 Å². The van der Waals surface area contributed by atoms with Crippen molar-refractivity contribution in [3.8, 4) is 0 Å². The Labute approximate surface area is 112 Å². The summed E-state index contributed by atoms with van der Waals surface area (Å²) in [6.07, 6.45) is 1.06. The van der Waals surface area contributed by atoms with E-state index in [2.05, 4.69) is 19.2 Å². The second-order valence-corrected chi connectivity index (χ2v) is 5.40. The fourth-order valence-corrected chi connectivity index (χ4v) is 2.33. The molecule has 1 nitrogen and oxygen atoms in total. The first-order valence-electron chi connectivity index (χ1n) is 5.80. The van der Waals surface area contributed by atoms with Gasteiger partial charge in [-0.3, -0.25) is 0 Å². The molecule has 0 heterocycles. The Morgan fingerprint density at radius 2 is 1.88 bits per heavy atom. The minimum Gasteiger partial charge on any atom is -0.310 e. The summed E-state index contributed by atoms with van der Waals surface area (Å²) in [7, 11) is 0. The summed E-state index contributed by atoms with van der Waals surface area (Å²) in [5, 5.41) is 3.92. The Hall–Kier alpha value is -0.310. The zero-order valence-corrected chi connectivity index (χ0v) is 11.9. The van der Waals surface area contributed by atoms with Crippen LogP contribution in [0.3, 0.4) is 0 Å². The summed E-state index contributed by atoms with van der Waals surface area (Å²) in [6.45, 7) is 7.12. The summed E-state index contributed by atoms with van der Waals surface area (Å²) in [4.78, 5) is 0. The Morgan fingerprint density at radius 3 is 2.47 bits per heavy atom. The van der Waals surface area contributed by atoms with E-state index < -0.39 is 5.82 Å². The second-order valence-electron chi connectivity index (χ2n) is 4.62. The van der Waals surface area contributed by atoms with E-state index in [4.69, 9.17) is 23.2 Å². The van der Waals surface area contributed by atoms with Gasteiger partial charge in [0.15, 0.2) is 0 Å². The molecule has 1 unspecified atom stereocenters. The van der Waals surface area contributed by atoms with E-state index in [1.165, 1.54) is 6.07 Å². The van der Waals surface area contributed by atoms with Gasteiger partial charge in [0.25, 0.3) is 0 Å². The molecule has 17 heavy (non-hydrogen) atoms. The van der Waals surface area contributed by atoms with Gasteiger partial charge >= 0.3 is 0 Å². The van der Waals surface area contributed by atoms with E-state index in [-0.39, 0.29) is 11.1 Å². The van der Waals surface area contributed by atoms with Crippen LogP contribution in [-0.4, -0.2) is 6.54 Å². The topological polar surface area (TPSA) is 12.0 Å². The summed E-state index contributed by atoms with van der Waals surface area (Å²) < 4.78 is 13.4. The first kappa shape index (κ1) is 14.7. The molecule has 0 amide bonds. The van der Waals surface area contributed by atoms with E-state index in [9.17, 15) is 4.39 Å². The van der Waals surface area contributed by atoms with E-state index in [0.29, 0.717) is 16.5 Å². The van der Waals surface area contributed by atoms with Crippen LogP contribution < -0.4 is 5.32 Å². The highest BCUT2D eigenvalue weighted by Crippen LogP contribution is 2.32. The minimum atomic E-state index is -0.427. The van der Waals surface area contributed by atoms with Crippen LogP contribution in [-0.2, 0) is 0 Å². The highest BCUT2D eigenvalue weighted by Gasteiger charge is 2.16. The van der Waals surface area contributed by atoms with Gasteiger partial charge in [-0.1, -0.05) is 37.0 Å². The molecule has 0 fully saturated rings. The average molecular weight is 278 g/mol. The predicted molar refractivity (Wildman–Crippen MR) is 72.3 cm³/mol. The number of hydrogen-bond donors (Lipinski definition) is 1. The maximum absolute atomic E-state index is 13.4. The van der Waals surface area contributed by atoms with Crippen LogP contribution in [0.5, 0.6) is 0 Å². The normalized spacial score (nSPS) is 13.1. The molecule has 0 aliphatic heterocycles. The van der Waals surface area contributed by atoms with E-state index in [1.54, 1.807) is 6.07 Å². The van der Waals surface area contributed by atoms with Crippen molar-refractivity contribution in [1.29, 1.82) is 0 Å². The highest BCUT2D eigenvalue weighted by atomic mass is 35.5. The molecule has 1 aromatic rings. The van der Waals surface area contributed by atoms with Gasteiger partial charge in [0.05, 0.1) is 5.02 Å². The van der Waals surface area contributed by atoms with E-state index >= 15 is 0 Å². The molecule has 0 spiro atoms. The van der Waals surface area contributed by atoms with Gasteiger partial charge in [-0.15, -0.1) is 0 Å². The highest BCUT2D eigenvalue weighted by molar-refractivity contribution is 6.36. The molecule has 1 rings (SSSR count). The first-order valence-corrected chi connectivity index (χ1v) is 6.55. The molecule has 4 heteroatoms. The maximum atomic E-state index is 13.4. The van der Waals surface area contributed by atoms with Crippen LogP contribution in [0.2, 0.25) is 10.0 Å². The lowest BCUT2D eigenvalue weighted by Crippen LogP contribution is -2.21. The molecule has 0 saturated heterocycles. The summed E-state index contributed by atoms with van der Waals surface area (Å²) >= 11 is 12.0. The maximum Gasteiger partial charge on any atom is 0.142 e. The van der Waals surface area contributed by atoms with Gasteiger partial charge in [0, 0.05) is 16.6 Å². The van der Waals surface area contributed by atoms with Gasteiger partial charge in [-0.2, -0.15) is 0 Å². The van der Waals surface area contributed by atoms with E-state index in [0.717, 1.165) is 13.0 Å². The number of nitrogens with one attached hydrogen (secondary N) is 1. The second kappa shape index (κ2) is 6.58. The Kier molecular flexibility index (Phi) is 5.71. The fourth-order valence-electron chi connectivity index (χ4n) is 1.63. The molecular formula is C13H18Cl2FN. The lowest BCUT2D eigenvalue weighted by atomic mass is 10.1. The lowest BCUT2D eigenvalue weighted by molar-refractivity contribution is 0.495. The number of hydrogen-bond acceptors (Lipinski definition) is 1. The van der Waals surface area contributed by atoms with Crippen LogP contribution in [0.15, 0.2) is 12.1 Å². The Bertz CT molecular complexity index is 380. The minimum absolute atomic E-state index is 0.0514. The van der Waals surface area contributed by atoms with Gasteiger partial charge in [0.1, 0.15) is 5.82 Å². The SMILES string of the molecule is CC(C)CCNC(C)c1c(Cl)ccc(F)c1Cl. The largest absolute Gasteiger partial charge is 0.310 e. The zero-order valence-electron chi connectivity index (χ0n) is 10.4. The quantitative estimate of drug-likeness (QED) is 0.761. The van der Waals surface area contributed by atoms with Gasteiger partial charge in [-0.25, -0.2) is 4.39 Å². The van der Waals surface area contributed by atoms with Crippen molar-refractivity contribution >= 4 is 23.2 Å². The summed E-state index contributed by atoms with van der Waals surface area (Å²) in [5.41, 5.74) is 0.636. The molecule has 96 valence electrons. The Morgan fingerprint density at radius 1 is 1.24 bits per heavy atom. The van der Waals surface area contributed by atoms with Crippen molar-refractivity contribution in [3.63, 3.8) is 0 Å². The monoisotopic (exact) mass is 277 g/mol. The molecule has 1 N–H and O–H groups in total. The van der Waals surface area contributed by atoms with Crippen molar-refractivity contribution in [3.05, 3.63) is 33.6 Å². The third kappa shape index (κ3) is 4.13. The molecule has 0 radical (unpaired) electrons. The third-order valence-electron chi connectivity index (χ3n) is 2.68. The summed E-state index contributed by atoms with van der Waals surface area (Å²) in [6, 6.07) is 2.78. The number of rotatable bonds is 5. The van der Waals surface area contributed by atoms with Crippen molar-refractivity contribution in [2.75, 3.05) is 6.54 Å². The molecule has 1 atom stereocenters. The Balaban J connectivity index is 2.74. The predicted octanol–water partition coefficient (Wildman–Crippen LogP) is 4.83. The van der Waals surface area contributed by atoms with Gasteiger partial charge in [-0.05, 0) is 37.9 Å². The van der Waals surface area contributed by atoms with Crippen molar-refractivity contribution in [1.82, 2.24) is 5.32 Å². The van der Waals surface area contributed by atoms with Crippen LogP contribution in [0, 0.1) is 11.7 Å². The molecule has 0 saturated carbocycles. The lowest BCUT2D eigenvalue weighted by Gasteiger charge is -2.18. The molecular weight excluding hydrogens is 260 g/mol. The third-order valence-corrected chi connectivity index (χ3v) is 3.40. The van der Waals surface area contributed by atoms with Crippen LogP contribution >= 0.6 is 23.2 Å². The first-order chi connectivity index (χ1) is 7.93. The van der Waals surface area contributed by atoms with Gasteiger partial charge < -0.3 is 5.32 Å². The fraction of sp³-hybridized carbons (Fsp3) is 0.538. The standard InChI is InChI=1S/C13H18Cl2FN/c1-8(2)6-7-17-9(3)12-10(14)4-5-11(16)13(12)15/h4-5,8-9,17H,6-7H2,1-3H3. The smallest absolute Gasteiger partial charge is 0.142 e. The number of benzene rings is 1. The number of halogens is 3. The summed E-state index contributed by atoms with van der Waals surface area (Å²) in [5.74, 6) is 0.205. The molecule has 0 bridgehead atoms. The molecule has 0 aliphatic carbocycles. The zero-order chi connectivity index (χ0) is 13.0. The van der Waals surface area contributed by atoms with Crippen molar-refractivity contribution in [2.24, 2.45) is 5.92 Å². The molecule has 0 aliphatic rings. The van der Waals surface area contributed by atoms with Crippen molar-refractivity contribution < 1.29 is 4.39 Å². The van der Waals surface area contributed by atoms with Crippen LogP contribution in [0.4, 0.5) is 4.39 Å². The van der Waals surface area contributed by atoms with Gasteiger partial charge in [0.2, 0.25) is 0 Å². The van der Waals surface area contributed by atoms with E-state index in [1.807, 2.05) is 6.92 Å². The molecule has 0 aromatic heterocycles. The molecule has 1 aromatic carbocycles. The van der Waals surface area contributed by atoms with Crippen LogP contribution in [0.25, 0.3) is 0 Å². The average Bonchev–Trinajstić information content (AvgIpc) is 2.23.